The van der Waals surface area contributed by atoms with Gasteiger partial charge in [0.1, 0.15) is 0 Å². The zero-order valence-electron chi connectivity index (χ0n) is 11.9. The Labute approximate surface area is 126 Å². The first-order valence-corrected chi connectivity index (χ1v) is 7.64. The van der Waals surface area contributed by atoms with Crippen LogP contribution in [0.5, 0.6) is 0 Å². The van der Waals surface area contributed by atoms with Gasteiger partial charge in [0.15, 0.2) is 5.58 Å². The van der Waals surface area contributed by atoms with Gasteiger partial charge in [-0.05, 0) is 31.4 Å². The molecule has 0 aliphatic heterocycles. The molecule has 3 aromatic rings. The van der Waals surface area contributed by atoms with Gasteiger partial charge in [-0.25, -0.2) is 4.79 Å². The van der Waals surface area contributed by atoms with Crippen LogP contribution < -0.4 is 16.4 Å². The van der Waals surface area contributed by atoms with Crippen LogP contribution in [0.2, 0.25) is 0 Å². The van der Waals surface area contributed by atoms with E-state index in [0.29, 0.717) is 16.8 Å². The maximum Gasteiger partial charge on any atom is 0.417 e. The second-order valence-electron chi connectivity index (χ2n) is 5.22. The van der Waals surface area contributed by atoms with Gasteiger partial charge >= 0.3 is 5.76 Å². The Bertz CT molecular complexity index is 802. The maximum absolute atomic E-state index is 11.3. The monoisotopic (exact) mass is 303 g/mol. The number of aromatic nitrogens is 1. The minimum absolute atomic E-state index is 0.283. The standard InChI is InChI=1S/C15H17N3O2S/c1-9(2)18(8-10-4-3-5-21-10)13-7-12-14(6-11(13)16)20-15(19)17-12/h3-7,9H,8,16H2,1-2H3,(H,17,19). The van der Waals surface area contributed by atoms with Crippen LogP contribution in [-0.4, -0.2) is 11.0 Å². The third-order valence-corrected chi connectivity index (χ3v) is 4.27. The van der Waals surface area contributed by atoms with Crippen molar-refractivity contribution in [3.63, 3.8) is 0 Å². The van der Waals surface area contributed by atoms with Crippen molar-refractivity contribution in [2.75, 3.05) is 10.6 Å². The number of nitrogens with two attached hydrogens (primary N) is 1. The zero-order chi connectivity index (χ0) is 15.0. The highest BCUT2D eigenvalue weighted by Gasteiger charge is 2.16. The number of aromatic amines is 1. The van der Waals surface area contributed by atoms with Crippen LogP contribution in [0.25, 0.3) is 11.1 Å². The van der Waals surface area contributed by atoms with E-state index in [-0.39, 0.29) is 6.04 Å². The molecule has 0 saturated carbocycles. The normalized spacial score (nSPS) is 11.4. The second kappa shape index (κ2) is 5.29. The van der Waals surface area contributed by atoms with Crippen LogP contribution in [0.15, 0.2) is 38.9 Å². The Balaban J connectivity index is 2.05. The maximum atomic E-state index is 11.3. The van der Waals surface area contributed by atoms with Crippen LogP contribution in [0.3, 0.4) is 0 Å². The third-order valence-electron chi connectivity index (χ3n) is 3.41. The van der Waals surface area contributed by atoms with Gasteiger partial charge in [-0.1, -0.05) is 6.07 Å². The lowest BCUT2D eigenvalue weighted by molar-refractivity contribution is 0.555. The van der Waals surface area contributed by atoms with E-state index in [9.17, 15) is 4.79 Å². The first-order chi connectivity index (χ1) is 10.0. The summed E-state index contributed by atoms with van der Waals surface area (Å²) in [6.07, 6.45) is 0. The minimum Gasteiger partial charge on any atom is -0.408 e. The highest BCUT2D eigenvalue weighted by molar-refractivity contribution is 7.09. The summed E-state index contributed by atoms with van der Waals surface area (Å²) in [7, 11) is 0. The number of oxazole rings is 1. The summed E-state index contributed by atoms with van der Waals surface area (Å²) in [6, 6.07) is 8.01. The summed E-state index contributed by atoms with van der Waals surface area (Å²) in [5.74, 6) is -0.462. The number of benzene rings is 1. The van der Waals surface area contributed by atoms with E-state index in [1.807, 2.05) is 12.1 Å². The average Bonchev–Trinajstić information content (AvgIpc) is 3.03. The van der Waals surface area contributed by atoms with Gasteiger partial charge in [0.05, 0.1) is 23.4 Å². The fraction of sp³-hybridized carbons (Fsp3) is 0.267. The van der Waals surface area contributed by atoms with Gasteiger partial charge < -0.3 is 15.1 Å². The summed E-state index contributed by atoms with van der Waals surface area (Å²) in [6.45, 7) is 5.03. The third kappa shape index (κ3) is 2.67. The van der Waals surface area contributed by atoms with Crippen molar-refractivity contribution < 1.29 is 4.42 Å². The number of nitrogens with one attached hydrogen (secondary N) is 1. The fourth-order valence-corrected chi connectivity index (χ4v) is 3.07. The highest BCUT2D eigenvalue weighted by Crippen LogP contribution is 2.31. The molecule has 0 fully saturated rings. The smallest absolute Gasteiger partial charge is 0.408 e. The predicted molar refractivity (Wildman–Crippen MR) is 86.9 cm³/mol. The fourth-order valence-electron chi connectivity index (χ4n) is 2.37. The van der Waals surface area contributed by atoms with E-state index in [0.717, 1.165) is 12.2 Å². The topological polar surface area (TPSA) is 75.3 Å². The van der Waals surface area contributed by atoms with Crippen molar-refractivity contribution >= 4 is 33.8 Å². The average molecular weight is 303 g/mol. The molecule has 0 aliphatic carbocycles. The molecule has 3 N–H and O–H groups in total. The Morgan fingerprint density at radius 2 is 2.24 bits per heavy atom. The van der Waals surface area contributed by atoms with Crippen LogP contribution >= 0.6 is 11.3 Å². The number of hydrogen-bond acceptors (Lipinski definition) is 5. The van der Waals surface area contributed by atoms with Gasteiger partial charge in [0.2, 0.25) is 0 Å². The van der Waals surface area contributed by atoms with Gasteiger partial charge in [-0.15, -0.1) is 11.3 Å². The van der Waals surface area contributed by atoms with E-state index in [4.69, 9.17) is 10.2 Å². The number of nitrogens with zero attached hydrogens (tertiary/aromatic N) is 1. The van der Waals surface area contributed by atoms with E-state index in [1.165, 1.54) is 4.88 Å². The Morgan fingerprint density at radius 1 is 1.43 bits per heavy atom. The van der Waals surface area contributed by atoms with Crippen LogP contribution in [-0.2, 0) is 6.54 Å². The van der Waals surface area contributed by atoms with Crippen LogP contribution in [0.1, 0.15) is 18.7 Å². The molecule has 0 bridgehead atoms. The Hall–Kier alpha value is -2.21. The summed E-state index contributed by atoms with van der Waals surface area (Å²) in [5.41, 5.74) is 8.82. The molecule has 0 atom stereocenters. The quantitative estimate of drug-likeness (QED) is 0.726. The van der Waals surface area contributed by atoms with E-state index >= 15 is 0 Å². The number of hydrogen-bond donors (Lipinski definition) is 2. The van der Waals surface area contributed by atoms with E-state index < -0.39 is 5.76 Å². The van der Waals surface area contributed by atoms with Crippen molar-refractivity contribution in [1.29, 1.82) is 0 Å². The molecule has 0 radical (unpaired) electrons. The molecule has 110 valence electrons. The first-order valence-electron chi connectivity index (χ1n) is 6.76. The van der Waals surface area contributed by atoms with Crippen LogP contribution in [0, 0.1) is 0 Å². The molecule has 5 nitrogen and oxygen atoms in total. The molecular weight excluding hydrogens is 286 g/mol. The summed E-state index contributed by atoms with van der Waals surface area (Å²) in [5, 5.41) is 2.06. The zero-order valence-corrected chi connectivity index (χ0v) is 12.7. The van der Waals surface area contributed by atoms with Gasteiger partial charge in [0.25, 0.3) is 0 Å². The molecular formula is C15H17N3O2S. The van der Waals surface area contributed by atoms with Crippen LogP contribution in [0.4, 0.5) is 11.4 Å². The molecule has 0 spiro atoms. The largest absolute Gasteiger partial charge is 0.417 e. The van der Waals surface area contributed by atoms with Crippen molar-refractivity contribution in [1.82, 2.24) is 4.98 Å². The molecule has 2 aromatic heterocycles. The minimum atomic E-state index is -0.462. The van der Waals surface area contributed by atoms with Crippen molar-refractivity contribution in [2.24, 2.45) is 0 Å². The Morgan fingerprint density at radius 3 is 2.90 bits per heavy atom. The summed E-state index contributed by atoms with van der Waals surface area (Å²) < 4.78 is 5.04. The lowest BCUT2D eigenvalue weighted by Crippen LogP contribution is -2.30. The number of H-pyrrole nitrogens is 1. The summed E-state index contributed by atoms with van der Waals surface area (Å²) >= 11 is 1.72. The van der Waals surface area contributed by atoms with Crippen molar-refractivity contribution in [3.8, 4) is 0 Å². The SMILES string of the molecule is CC(C)N(Cc1cccs1)c1cc2[nH]c(=O)oc2cc1N. The molecule has 0 unspecified atom stereocenters. The lowest BCUT2D eigenvalue weighted by atomic mass is 10.2. The molecule has 21 heavy (non-hydrogen) atoms. The number of nitrogen functional groups attached to an aromatic ring is 1. The number of rotatable bonds is 4. The number of fused-ring (bicyclic) bond motifs is 1. The molecule has 0 amide bonds. The van der Waals surface area contributed by atoms with E-state index in [2.05, 4.69) is 35.2 Å². The first kappa shape index (κ1) is 13.8. The second-order valence-corrected chi connectivity index (χ2v) is 6.25. The molecule has 0 aliphatic rings. The number of thiophene rings is 1. The molecule has 3 rings (SSSR count). The predicted octanol–water partition coefficient (Wildman–Crippen LogP) is 3.18. The lowest BCUT2D eigenvalue weighted by Gasteiger charge is -2.29. The van der Waals surface area contributed by atoms with Gasteiger partial charge in [0, 0.05) is 17.0 Å². The van der Waals surface area contributed by atoms with Crippen molar-refractivity contribution in [3.05, 3.63) is 45.1 Å². The van der Waals surface area contributed by atoms with Gasteiger partial charge in [-0.3, -0.25) is 4.98 Å². The molecule has 1 aromatic carbocycles. The number of anilines is 2. The van der Waals surface area contributed by atoms with E-state index in [1.54, 1.807) is 17.4 Å². The van der Waals surface area contributed by atoms with Gasteiger partial charge in [-0.2, -0.15) is 0 Å². The summed E-state index contributed by atoms with van der Waals surface area (Å²) in [4.78, 5) is 17.5. The van der Waals surface area contributed by atoms with Crippen molar-refractivity contribution in [2.45, 2.75) is 26.4 Å². The molecule has 6 heteroatoms. The Kier molecular flexibility index (Phi) is 3.47. The highest BCUT2D eigenvalue weighted by atomic mass is 32.1. The molecule has 2 heterocycles. The molecule has 0 saturated heterocycles.